The van der Waals surface area contributed by atoms with E-state index in [1.165, 1.54) is 25.9 Å². The molecule has 2 aromatic heterocycles. The van der Waals surface area contributed by atoms with Gasteiger partial charge in [0.05, 0.1) is 5.69 Å². The fraction of sp³-hybridized carbons (Fsp3) is 0.714. The number of nitrogen functional groups attached to an aromatic ring is 1. The number of fused-ring (bicyclic) bond motifs is 1. The van der Waals surface area contributed by atoms with Gasteiger partial charge in [0, 0.05) is 19.1 Å². The first kappa shape index (κ1) is 13.4. The van der Waals surface area contributed by atoms with E-state index in [0.717, 1.165) is 29.9 Å². The van der Waals surface area contributed by atoms with Crippen molar-refractivity contribution in [1.82, 2.24) is 24.2 Å². The molecular formula is C14H24N6. The number of imidazole rings is 1. The Morgan fingerprint density at radius 1 is 1.30 bits per heavy atom. The molecule has 1 unspecified atom stereocenters. The second-order valence-corrected chi connectivity index (χ2v) is 5.77. The van der Waals surface area contributed by atoms with Crippen LogP contribution in [0.3, 0.4) is 0 Å². The maximum Gasteiger partial charge on any atom is 0.202 e. The van der Waals surface area contributed by atoms with Crippen LogP contribution in [0.15, 0.2) is 0 Å². The van der Waals surface area contributed by atoms with E-state index in [4.69, 9.17) is 5.73 Å². The Bertz CT molecular complexity index is 605. The first-order valence-electron chi connectivity index (χ1n) is 7.55. The SMILES string of the molecule is CCn1nc(C)c2nc(N)n(C(C)CN3CCCC3)c21. The van der Waals surface area contributed by atoms with Gasteiger partial charge in [-0.15, -0.1) is 0 Å². The Morgan fingerprint density at radius 3 is 2.65 bits per heavy atom. The van der Waals surface area contributed by atoms with E-state index >= 15 is 0 Å². The summed E-state index contributed by atoms with van der Waals surface area (Å²) in [6.07, 6.45) is 2.63. The van der Waals surface area contributed by atoms with Crippen LogP contribution in [0.2, 0.25) is 0 Å². The number of aryl methyl sites for hydroxylation is 2. The summed E-state index contributed by atoms with van der Waals surface area (Å²) in [5, 5.41) is 4.55. The zero-order valence-corrected chi connectivity index (χ0v) is 12.6. The average Bonchev–Trinajstić information content (AvgIpc) is 3.08. The number of anilines is 1. The Labute approximate surface area is 119 Å². The molecule has 0 amide bonds. The molecule has 0 aliphatic carbocycles. The molecule has 6 nitrogen and oxygen atoms in total. The first-order valence-corrected chi connectivity index (χ1v) is 7.55. The molecule has 2 aromatic rings. The van der Waals surface area contributed by atoms with Crippen LogP contribution in [-0.2, 0) is 6.54 Å². The lowest BCUT2D eigenvalue weighted by Crippen LogP contribution is -2.28. The summed E-state index contributed by atoms with van der Waals surface area (Å²) >= 11 is 0. The average molecular weight is 276 g/mol. The number of hydrogen-bond donors (Lipinski definition) is 1. The summed E-state index contributed by atoms with van der Waals surface area (Å²) < 4.78 is 4.16. The molecule has 0 spiro atoms. The fourth-order valence-corrected chi connectivity index (χ4v) is 3.28. The number of nitrogens with zero attached hydrogens (tertiary/aromatic N) is 5. The lowest BCUT2D eigenvalue weighted by molar-refractivity contribution is 0.290. The molecule has 20 heavy (non-hydrogen) atoms. The van der Waals surface area contributed by atoms with Gasteiger partial charge in [-0.1, -0.05) is 0 Å². The van der Waals surface area contributed by atoms with E-state index in [1.807, 2.05) is 11.6 Å². The van der Waals surface area contributed by atoms with Crippen LogP contribution < -0.4 is 5.73 Å². The van der Waals surface area contributed by atoms with Crippen LogP contribution in [0, 0.1) is 6.92 Å². The van der Waals surface area contributed by atoms with Crippen molar-refractivity contribution >= 4 is 17.1 Å². The highest BCUT2D eigenvalue weighted by atomic mass is 15.4. The van der Waals surface area contributed by atoms with E-state index in [0.29, 0.717) is 12.0 Å². The van der Waals surface area contributed by atoms with E-state index < -0.39 is 0 Å². The molecule has 1 saturated heterocycles. The highest BCUT2D eigenvalue weighted by Gasteiger charge is 2.22. The summed E-state index contributed by atoms with van der Waals surface area (Å²) in [6, 6.07) is 0.319. The summed E-state index contributed by atoms with van der Waals surface area (Å²) in [7, 11) is 0. The summed E-state index contributed by atoms with van der Waals surface area (Å²) in [6.45, 7) is 10.6. The van der Waals surface area contributed by atoms with Crippen molar-refractivity contribution < 1.29 is 0 Å². The second-order valence-electron chi connectivity index (χ2n) is 5.77. The van der Waals surface area contributed by atoms with Gasteiger partial charge in [-0.25, -0.2) is 9.67 Å². The third-order valence-corrected chi connectivity index (χ3v) is 4.23. The highest BCUT2D eigenvalue weighted by molar-refractivity contribution is 5.77. The minimum atomic E-state index is 0.319. The number of nitrogens with two attached hydrogens (primary N) is 1. The van der Waals surface area contributed by atoms with E-state index in [1.54, 1.807) is 0 Å². The quantitative estimate of drug-likeness (QED) is 0.925. The van der Waals surface area contributed by atoms with Crippen LogP contribution in [0.25, 0.3) is 11.2 Å². The molecule has 1 aliphatic rings. The van der Waals surface area contributed by atoms with Crippen molar-refractivity contribution in [3.63, 3.8) is 0 Å². The van der Waals surface area contributed by atoms with Crippen LogP contribution in [0.1, 0.15) is 38.4 Å². The van der Waals surface area contributed by atoms with Gasteiger partial charge in [0.2, 0.25) is 5.95 Å². The monoisotopic (exact) mass is 276 g/mol. The topological polar surface area (TPSA) is 64.9 Å². The van der Waals surface area contributed by atoms with Crippen LogP contribution in [-0.4, -0.2) is 43.9 Å². The van der Waals surface area contributed by atoms with Gasteiger partial charge in [0.15, 0.2) is 5.65 Å². The molecule has 1 fully saturated rings. The van der Waals surface area contributed by atoms with Crippen molar-refractivity contribution in [2.24, 2.45) is 0 Å². The lowest BCUT2D eigenvalue weighted by Gasteiger charge is -2.22. The van der Waals surface area contributed by atoms with Gasteiger partial charge < -0.3 is 10.6 Å². The zero-order valence-electron chi connectivity index (χ0n) is 12.6. The third-order valence-electron chi connectivity index (χ3n) is 4.23. The van der Waals surface area contributed by atoms with Crippen molar-refractivity contribution in [2.45, 2.75) is 46.2 Å². The van der Waals surface area contributed by atoms with Crippen molar-refractivity contribution in [2.75, 3.05) is 25.4 Å². The minimum absolute atomic E-state index is 0.319. The number of hydrogen-bond acceptors (Lipinski definition) is 4. The largest absolute Gasteiger partial charge is 0.369 e. The second kappa shape index (κ2) is 5.09. The molecular weight excluding hydrogens is 252 g/mol. The highest BCUT2D eigenvalue weighted by Crippen LogP contribution is 2.26. The van der Waals surface area contributed by atoms with Crippen LogP contribution >= 0.6 is 0 Å². The van der Waals surface area contributed by atoms with E-state index in [9.17, 15) is 0 Å². The van der Waals surface area contributed by atoms with Gasteiger partial charge in [-0.05, 0) is 46.7 Å². The predicted molar refractivity (Wildman–Crippen MR) is 80.7 cm³/mol. The van der Waals surface area contributed by atoms with E-state index in [-0.39, 0.29) is 0 Å². The molecule has 0 bridgehead atoms. The first-order chi connectivity index (χ1) is 9.61. The molecule has 6 heteroatoms. The van der Waals surface area contributed by atoms with Crippen LogP contribution in [0.4, 0.5) is 5.95 Å². The molecule has 0 aromatic carbocycles. The van der Waals surface area contributed by atoms with Gasteiger partial charge in [0.1, 0.15) is 5.52 Å². The van der Waals surface area contributed by atoms with Crippen molar-refractivity contribution in [1.29, 1.82) is 0 Å². The van der Waals surface area contributed by atoms with E-state index in [2.05, 4.69) is 33.4 Å². The molecule has 110 valence electrons. The van der Waals surface area contributed by atoms with Crippen molar-refractivity contribution in [3.8, 4) is 0 Å². The Morgan fingerprint density at radius 2 is 2.00 bits per heavy atom. The Balaban J connectivity index is 1.98. The fourth-order valence-electron chi connectivity index (χ4n) is 3.28. The maximum absolute atomic E-state index is 6.16. The Hall–Kier alpha value is -1.56. The van der Waals surface area contributed by atoms with Crippen LogP contribution in [0.5, 0.6) is 0 Å². The summed E-state index contributed by atoms with van der Waals surface area (Å²) in [5.41, 5.74) is 9.12. The molecule has 0 saturated carbocycles. The molecule has 2 N–H and O–H groups in total. The standard InChI is InChI=1S/C14H24N6/c1-4-19-13-12(11(3)17-19)16-14(15)20(13)10(2)9-18-7-5-6-8-18/h10H,4-9H2,1-3H3,(H2,15,16). The number of likely N-dealkylation sites (tertiary alicyclic amines) is 1. The van der Waals surface area contributed by atoms with Crippen molar-refractivity contribution in [3.05, 3.63) is 5.69 Å². The minimum Gasteiger partial charge on any atom is -0.369 e. The molecule has 1 aliphatic heterocycles. The normalized spacial score (nSPS) is 18.1. The zero-order chi connectivity index (χ0) is 14.3. The molecule has 0 radical (unpaired) electrons. The summed E-state index contributed by atoms with van der Waals surface area (Å²) in [5.74, 6) is 0.606. The van der Waals surface area contributed by atoms with Gasteiger partial charge in [-0.3, -0.25) is 4.57 Å². The molecule has 3 heterocycles. The van der Waals surface area contributed by atoms with Gasteiger partial charge in [-0.2, -0.15) is 5.10 Å². The third kappa shape index (κ3) is 2.08. The molecule has 1 atom stereocenters. The Kier molecular flexibility index (Phi) is 3.41. The van der Waals surface area contributed by atoms with Gasteiger partial charge in [0.25, 0.3) is 0 Å². The smallest absolute Gasteiger partial charge is 0.202 e. The number of aromatic nitrogens is 4. The molecule has 3 rings (SSSR count). The lowest BCUT2D eigenvalue weighted by atomic mass is 10.3. The van der Waals surface area contributed by atoms with Gasteiger partial charge >= 0.3 is 0 Å². The predicted octanol–water partition coefficient (Wildman–Crippen LogP) is 1.80. The number of rotatable bonds is 4. The summed E-state index contributed by atoms with van der Waals surface area (Å²) in [4.78, 5) is 7.03. The maximum atomic E-state index is 6.16.